The van der Waals surface area contributed by atoms with Crippen molar-refractivity contribution in [1.29, 1.82) is 0 Å². The third-order valence-electron chi connectivity index (χ3n) is 5.08. The lowest BCUT2D eigenvalue weighted by atomic mass is 10.0. The van der Waals surface area contributed by atoms with Crippen LogP contribution < -0.4 is 4.74 Å². The van der Waals surface area contributed by atoms with Crippen LogP contribution in [0.5, 0.6) is 11.5 Å². The fourth-order valence-corrected chi connectivity index (χ4v) is 3.69. The van der Waals surface area contributed by atoms with Crippen molar-refractivity contribution in [3.05, 3.63) is 71.8 Å². The summed E-state index contributed by atoms with van der Waals surface area (Å²) in [5, 5.41) is 14.6. The molecular formula is C22H22FN3O3. The number of ether oxygens (including phenoxy) is 1. The topological polar surface area (TPSA) is 67.6 Å². The number of likely N-dealkylation sites (tertiary alicyclic amines) is 1. The minimum absolute atomic E-state index is 0.00726. The molecule has 0 radical (unpaired) electrons. The van der Waals surface area contributed by atoms with Gasteiger partial charge in [0.2, 0.25) is 0 Å². The van der Waals surface area contributed by atoms with Gasteiger partial charge in [0.1, 0.15) is 11.6 Å². The standard InChI is InChI=1S/C22H22FN3O3/c1-2-29-18-11-5-15(6-12-18)19-4-3-13-25(19)22(28)21-20(27)14-26(24-21)17-9-7-16(23)8-10-17/h5-12,14,19,27H,2-4,13H2,1H3. The van der Waals surface area contributed by atoms with Crippen LogP contribution in [0.25, 0.3) is 5.69 Å². The Kier molecular flexibility index (Phi) is 5.20. The number of rotatable bonds is 5. The lowest BCUT2D eigenvalue weighted by molar-refractivity contribution is 0.0726. The second-order valence-electron chi connectivity index (χ2n) is 6.94. The minimum Gasteiger partial charge on any atom is -0.504 e. The number of aromatic nitrogens is 2. The summed E-state index contributed by atoms with van der Waals surface area (Å²) in [4.78, 5) is 14.9. The third kappa shape index (κ3) is 3.81. The molecule has 7 heteroatoms. The lowest BCUT2D eigenvalue weighted by Gasteiger charge is -2.24. The van der Waals surface area contributed by atoms with Gasteiger partial charge in [0.25, 0.3) is 5.91 Å². The summed E-state index contributed by atoms with van der Waals surface area (Å²) in [5.41, 5.74) is 1.58. The van der Waals surface area contributed by atoms with Crippen LogP contribution in [-0.2, 0) is 0 Å². The number of benzene rings is 2. The van der Waals surface area contributed by atoms with Gasteiger partial charge in [-0.15, -0.1) is 0 Å². The smallest absolute Gasteiger partial charge is 0.278 e. The molecule has 0 saturated carbocycles. The molecule has 1 saturated heterocycles. The van der Waals surface area contributed by atoms with Crippen LogP contribution in [0.4, 0.5) is 4.39 Å². The highest BCUT2D eigenvalue weighted by molar-refractivity contribution is 5.95. The summed E-state index contributed by atoms with van der Waals surface area (Å²) in [5.74, 6) is -0.0871. The van der Waals surface area contributed by atoms with E-state index in [1.165, 1.54) is 35.1 Å². The van der Waals surface area contributed by atoms with Crippen molar-refractivity contribution in [3.63, 3.8) is 0 Å². The summed E-state index contributed by atoms with van der Waals surface area (Å²) in [6.07, 6.45) is 3.09. The highest BCUT2D eigenvalue weighted by atomic mass is 19.1. The fraction of sp³-hybridized carbons (Fsp3) is 0.273. The summed E-state index contributed by atoms with van der Waals surface area (Å²) < 4.78 is 20.0. The molecule has 1 aliphatic heterocycles. The van der Waals surface area contributed by atoms with Crippen LogP contribution in [0, 0.1) is 5.82 Å². The fourth-order valence-electron chi connectivity index (χ4n) is 3.69. The van der Waals surface area contributed by atoms with Crippen molar-refractivity contribution in [2.45, 2.75) is 25.8 Å². The van der Waals surface area contributed by atoms with Crippen molar-refractivity contribution < 1.29 is 19.0 Å². The van der Waals surface area contributed by atoms with E-state index in [9.17, 15) is 14.3 Å². The van der Waals surface area contributed by atoms with Crippen molar-refractivity contribution in [1.82, 2.24) is 14.7 Å². The Hall–Kier alpha value is -3.35. The van der Waals surface area contributed by atoms with Crippen LogP contribution in [0.15, 0.2) is 54.7 Å². The zero-order chi connectivity index (χ0) is 20.4. The summed E-state index contributed by atoms with van der Waals surface area (Å²) >= 11 is 0. The molecule has 0 aliphatic carbocycles. The molecule has 3 aromatic rings. The van der Waals surface area contributed by atoms with Crippen LogP contribution in [-0.4, -0.2) is 38.8 Å². The second-order valence-corrected chi connectivity index (χ2v) is 6.94. The monoisotopic (exact) mass is 395 g/mol. The normalized spacial score (nSPS) is 16.2. The molecule has 1 aliphatic rings. The number of hydrogen-bond acceptors (Lipinski definition) is 4. The van der Waals surface area contributed by atoms with Gasteiger partial charge in [0, 0.05) is 6.54 Å². The van der Waals surface area contributed by atoms with Crippen LogP contribution in [0.2, 0.25) is 0 Å². The molecule has 1 amide bonds. The first-order chi connectivity index (χ1) is 14.1. The molecule has 1 unspecified atom stereocenters. The van der Waals surface area contributed by atoms with E-state index in [1.807, 2.05) is 31.2 Å². The largest absolute Gasteiger partial charge is 0.504 e. The molecule has 1 aromatic heterocycles. The van der Waals surface area contributed by atoms with E-state index >= 15 is 0 Å². The number of amides is 1. The molecule has 1 N–H and O–H groups in total. The van der Waals surface area contributed by atoms with Gasteiger partial charge in [0.15, 0.2) is 11.4 Å². The molecule has 1 fully saturated rings. The number of aromatic hydroxyl groups is 1. The van der Waals surface area contributed by atoms with E-state index in [-0.39, 0.29) is 29.2 Å². The molecular weight excluding hydrogens is 373 g/mol. The predicted octanol–water partition coefficient (Wildman–Crippen LogP) is 4.09. The van der Waals surface area contributed by atoms with Crippen LogP contribution >= 0.6 is 0 Å². The molecule has 29 heavy (non-hydrogen) atoms. The number of halogens is 1. The van der Waals surface area contributed by atoms with Crippen molar-refractivity contribution in [2.75, 3.05) is 13.2 Å². The van der Waals surface area contributed by atoms with E-state index in [4.69, 9.17) is 4.74 Å². The molecule has 150 valence electrons. The molecule has 1 atom stereocenters. The first-order valence-corrected chi connectivity index (χ1v) is 9.65. The van der Waals surface area contributed by atoms with Crippen LogP contribution in [0.3, 0.4) is 0 Å². The van der Waals surface area contributed by atoms with Crippen molar-refractivity contribution in [3.8, 4) is 17.2 Å². The van der Waals surface area contributed by atoms with Gasteiger partial charge in [-0.1, -0.05) is 12.1 Å². The number of carbonyl (C=O) groups is 1. The molecule has 0 bridgehead atoms. The van der Waals surface area contributed by atoms with Gasteiger partial charge >= 0.3 is 0 Å². The van der Waals surface area contributed by atoms with Gasteiger partial charge in [-0.25, -0.2) is 9.07 Å². The average molecular weight is 395 g/mol. The van der Waals surface area contributed by atoms with E-state index in [0.29, 0.717) is 18.8 Å². The second kappa shape index (κ2) is 7.95. The average Bonchev–Trinajstić information content (AvgIpc) is 3.36. The van der Waals surface area contributed by atoms with E-state index in [2.05, 4.69) is 5.10 Å². The zero-order valence-electron chi connectivity index (χ0n) is 16.1. The van der Waals surface area contributed by atoms with Gasteiger partial charge in [0.05, 0.1) is 24.5 Å². The molecule has 6 nitrogen and oxygen atoms in total. The number of nitrogens with zero attached hydrogens (tertiary/aromatic N) is 3. The summed E-state index contributed by atoms with van der Waals surface area (Å²) in [7, 11) is 0. The maximum Gasteiger partial charge on any atom is 0.278 e. The summed E-state index contributed by atoms with van der Waals surface area (Å²) in [6.45, 7) is 3.13. The lowest BCUT2D eigenvalue weighted by Crippen LogP contribution is -2.31. The summed E-state index contributed by atoms with van der Waals surface area (Å²) in [6, 6.07) is 13.4. The molecule has 2 heterocycles. The molecule has 4 rings (SSSR count). The Morgan fingerprint density at radius 1 is 1.21 bits per heavy atom. The maximum atomic E-state index is 13.1. The van der Waals surface area contributed by atoms with Crippen LogP contribution in [0.1, 0.15) is 41.9 Å². The highest BCUT2D eigenvalue weighted by Gasteiger charge is 2.33. The Morgan fingerprint density at radius 2 is 1.93 bits per heavy atom. The quantitative estimate of drug-likeness (QED) is 0.707. The highest BCUT2D eigenvalue weighted by Crippen LogP contribution is 2.35. The first kappa shape index (κ1) is 19.0. The Labute approximate surface area is 168 Å². The Bertz CT molecular complexity index is 999. The van der Waals surface area contributed by atoms with E-state index < -0.39 is 0 Å². The van der Waals surface area contributed by atoms with Crippen molar-refractivity contribution >= 4 is 5.91 Å². The predicted molar refractivity (Wildman–Crippen MR) is 106 cm³/mol. The Balaban J connectivity index is 1.57. The number of hydrogen-bond donors (Lipinski definition) is 1. The van der Waals surface area contributed by atoms with Crippen molar-refractivity contribution in [2.24, 2.45) is 0 Å². The maximum absolute atomic E-state index is 13.1. The zero-order valence-corrected chi connectivity index (χ0v) is 16.1. The third-order valence-corrected chi connectivity index (χ3v) is 5.08. The number of carbonyl (C=O) groups excluding carboxylic acids is 1. The molecule has 2 aromatic carbocycles. The molecule has 0 spiro atoms. The van der Waals surface area contributed by atoms with E-state index in [0.717, 1.165) is 24.2 Å². The Morgan fingerprint density at radius 3 is 2.62 bits per heavy atom. The van der Waals surface area contributed by atoms with Gasteiger partial charge < -0.3 is 14.7 Å². The van der Waals surface area contributed by atoms with Gasteiger partial charge in [-0.3, -0.25) is 4.79 Å². The van der Waals surface area contributed by atoms with Gasteiger partial charge in [-0.2, -0.15) is 5.10 Å². The first-order valence-electron chi connectivity index (χ1n) is 9.65. The van der Waals surface area contributed by atoms with E-state index in [1.54, 1.807) is 4.90 Å². The SMILES string of the molecule is CCOc1ccc(C2CCCN2C(=O)c2nn(-c3ccc(F)cc3)cc2O)cc1. The minimum atomic E-state index is -0.364. The van der Waals surface area contributed by atoms with Gasteiger partial charge in [-0.05, 0) is 61.7 Å².